The van der Waals surface area contributed by atoms with Gasteiger partial charge in [-0.05, 0) is 69.3 Å². The van der Waals surface area contributed by atoms with Crippen molar-refractivity contribution in [3.05, 3.63) is 41.2 Å². The van der Waals surface area contributed by atoms with Gasteiger partial charge in [0.05, 0.1) is 5.56 Å². The van der Waals surface area contributed by atoms with Crippen LogP contribution in [0.3, 0.4) is 0 Å². The molecule has 0 saturated carbocycles. The van der Waals surface area contributed by atoms with Gasteiger partial charge >= 0.3 is 0 Å². The first-order valence-electron chi connectivity index (χ1n) is 9.12. The molecule has 6 heteroatoms. The van der Waals surface area contributed by atoms with Crippen molar-refractivity contribution >= 4 is 23.2 Å². The molecule has 5 nitrogen and oxygen atoms in total. The van der Waals surface area contributed by atoms with E-state index in [1.807, 2.05) is 18.0 Å². The van der Waals surface area contributed by atoms with Crippen molar-refractivity contribution in [2.45, 2.75) is 45.4 Å². The molecule has 0 spiro atoms. The van der Waals surface area contributed by atoms with E-state index in [4.69, 9.17) is 12.2 Å². The Morgan fingerprint density at radius 3 is 2.84 bits per heavy atom. The van der Waals surface area contributed by atoms with Crippen LogP contribution in [0.1, 0.15) is 54.4 Å². The van der Waals surface area contributed by atoms with Gasteiger partial charge in [0.25, 0.3) is 5.91 Å². The third-order valence-electron chi connectivity index (χ3n) is 4.73. The molecule has 0 aromatic carbocycles. The summed E-state index contributed by atoms with van der Waals surface area (Å²) < 4.78 is 0. The Labute approximate surface area is 155 Å². The molecule has 1 aromatic heterocycles. The zero-order valence-corrected chi connectivity index (χ0v) is 15.6. The number of allylic oxidation sites excluding steroid dienone is 1. The second kappa shape index (κ2) is 8.43. The van der Waals surface area contributed by atoms with E-state index in [1.54, 1.807) is 17.4 Å². The summed E-state index contributed by atoms with van der Waals surface area (Å²) in [6.07, 6.45) is 12.7. The molecule has 134 valence electrons. The van der Waals surface area contributed by atoms with Crippen molar-refractivity contribution in [1.82, 2.24) is 20.3 Å². The van der Waals surface area contributed by atoms with E-state index in [-0.39, 0.29) is 5.91 Å². The van der Waals surface area contributed by atoms with Gasteiger partial charge in [0.2, 0.25) is 0 Å². The minimum absolute atomic E-state index is 0.0344. The summed E-state index contributed by atoms with van der Waals surface area (Å²) in [7, 11) is 0. The Balaban J connectivity index is 1.56. The average Bonchev–Trinajstić information content (AvgIpc) is 3.12. The fraction of sp³-hybridized carbons (Fsp3) is 0.526. The Kier molecular flexibility index (Phi) is 6.02. The number of nitrogens with zero attached hydrogens (tertiary/aromatic N) is 3. The Bertz CT molecular complexity index is 673. The van der Waals surface area contributed by atoms with Crippen LogP contribution in [0.2, 0.25) is 0 Å². The zero-order valence-electron chi connectivity index (χ0n) is 14.8. The highest BCUT2D eigenvalue weighted by Crippen LogP contribution is 2.20. The topological polar surface area (TPSA) is 48.5 Å². The molecule has 25 heavy (non-hydrogen) atoms. The quantitative estimate of drug-likeness (QED) is 0.661. The van der Waals surface area contributed by atoms with Crippen molar-refractivity contribution in [3.63, 3.8) is 0 Å². The molecule has 0 radical (unpaired) electrons. The van der Waals surface area contributed by atoms with E-state index >= 15 is 0 Å². The minimum Gasteiger partial charge on any atom is -0.361 e. The lowest BCUT2D eigenvalue weighted by atomic mass is 9.97. The summed E-state index contributed by atoms with van der Waals surface area (Å²) in [4.78, 5) is 16.9. The predicted octanol–water partition coefficient (Wildman–Crippen LogP) is 3.22. The maximum atomic E-state index is 12.8. The molecule has 1 N–H and O–H groups in total. The van der Waals surface area contributed by atoms with Crippen molar-refractivity contribution in [3.8, 4) is 0 Å². The van der Waals surface area contributed by atoms with Gasteiger partial charge in [-0.3, -0.25) is 14.8 Å². The normalized spacial score (nSPS) is 17.4. The second-order valence-corrected chi connectivity index (χ2v) is 7.13. The van der Waals surface area contributed by atoms with Gasteiger partial charge in [-0.2, -0.15) is 0 Å². The number of nitrogens with one attached hydrogen (secondary N) is 1. The van der Waals surface area contributed by atoms with E-state index in [0.717, 1.165) is 31.5 Å². The molecule has 2 aliphatic rings. The highest BCUT2D eigenvalue weighted by molar-refractivity contribution is 7.80. The van der Waals surface area contributed by atoms with Crippen molar-refractivity contribution in [2.24, 2.45) is 0 Å². The van der Waals surface area contributed by atoms with E-state index in [0.29, 0.717) is 17.2 Å². The molecule has 1 aliphatic heterocycles. The van der Waals surface area contributed by atoms with Gasteiger partial charge in [-0.25, -0.2) is 5.01 Å². The molecule has 1 aliphatic carbocycles. The van der Waals surface area contributed by atoms with Crippen molar-refractivity contribution in [2.75, 3.05) is 19.6 Å². The SMILES string of the molecule is Cc1cncc(C(=O)N2CCCN2C(=S)NCCC2=CCCCC2)c1. The number of hydrazine groups is 1. The van der Waals surface area contributed by atoms with E-state index in [2.05, 4.69) is 16.4 Å². The van der Waals surface area contributed by atoms with Gasteiger partial charge in [0.1, 0.15) is 0 Å². The van der Waals surface area contributed by atoms with E-state index < -0.39 is 0 Å². The summed E-state index contributed by atoms with van der Waals surface area (Å²) >= 11 is 5.54. The third kappa shape index (κ3) is 4.57. The van der Waals surface area contributed by atoms with Gasteiger partial charge in [-0.15, -0.1) is 0 Å². The molecule has 1 aromatic rings. The molecular formula is C19H26N4OS. The smallest absolute Gasteiger partial charge is 0.274 e. The number of carbonyl (C=O) groups excluding carboxylic acids is 1. The Morgan fingerprint density at radius 2 is 2.08 bits per heavy atom. The lowest BCUT2D eigenvalue weighted by Gasteiger charge is -2.30. The maximum absolute atomic E-state index is 12.8. The predicted molar refractivity (Wildman–Crippen MR) is 103 cm³/mol. The molecule has 2 heterocycles. The molecule has 0 atom stereocenters. The summed E-state index contributed by atoms with van der Waals surface area (Å²) in [5, 5.41) is 7.61. The van der Waals surface area contributed by atoms with Crippen LogP contribution in [0.15, 0.2) is 30.1 Å². The molecule has 1 amide bonds. The number of rotatable bonds is 4. The molecular weight excluding hydrogens is 332 g/mol. The number of aromatic nitrogens is 1. The fourth-order valence-electron chi connectivity index (χ4n) is 3.41. The first-order chi connectivity index (χ1) is 12.1. The average molecular weight is 359 g/mol. The van der Waals surface area contributed by atoms with Crippen LogP contribution < -0.4 is 5.32 Å². The lowest BCUT2D eigenvalue weighted by Crippen LogP contribution is -2.49. The molecule has 1 saturated heterocycles. The Morgan fingerprint density at radius 1 is 1.24 bits per heavy atom. The monoisotopic (exact) mass is 358 g/mol. The van der Waals surface area contributed by atoms with E-state index in [9.17, 15) is 4.79 Å². The van der Waals surface area contributed by atoms with Crippen LogP contribution in [-0.2, 0) is 0 Å². The summed E-state index contributed by atoms with van der Waals surface area (Å²) in [5.74, 6) is -0.0344. The second-order valence-electron chi connectivity index (χ2n) is 6.75. The first-order valence-corrected chi connectivity index (χ1v) is 9.52. The van der Waals surface area contributed by atoms with Crippen LogP contribution in [0.25, 0.3) is 0 Å². The van der Waals surface area contributed by atoms with E-state index in [1.165, 1.54) is 31.3 Å². The number of hydrogen-bond donors (Lipinski definition) is 1. The zero-order chi connectivity index (χ0) is 17.6. The summed E-state index contributed by atoms with van der Waals surface area (Å²) in [6.45, 7) is 4.24. The number of hydrogen-bond acceptors (Lipinski definition) is 3. The van der Waals surface area contributed by atoms with Crippen molar-refractivity contribution in [1.29, 1.82) is 0 Å². The maximum Gasteiger partial charge on any atom is 0.274 e. The van der Waals surface area contributed by atoms with Crippen molar-refractivity contribution < 1.29 is 4.79 Å². The van der Waals surface area contributed by atoms with Gasteiger partial charge < -0.3 is 5.32 Å². The van der Waals surface area contributed by atoms with Gasteiger partial charge in [-0.1, -0.05) is 11.6 Å². The van der Waals surface area contributed by atoms with Gasteiger partial charge in [0.15, 0.2) is 5.11 Å². The standard InChI is InChI=1S/C19H26N4OS/c1-15-12-17(14-20-13-15)18(24)22-10-5-11-23(22)19(25)21-9-8-16-6-3-2-4-7-16/h6,12-14H,2-5,7-11H2,1H3,(H,21,25). The Hall–Kier alpha value is -1.95. The minimum atomic E-state index is -0.0344. The molecule has 1 fully saturated rings. The molecule has 0 unspecified atom stereocenters. The van der Waals surface area contributed by atoms with Crippen LogP contribution >= 0.6 is 12.2 Å². The number of thiocarbonyl (C=S) groups is 1. The molecule has 3 rings (SSSR count). The molecule has 0 bridgehead atoms. The van der Waals surface area contributed by atoms with Gasteiger partial charge in [0, 0.05) is 32.0 Å². The number of carbonyl (C=O) groups is 1. The fourth-order valence-corrected chi connectivity index (χ4v) is 3.70. The summed E-state index contributed by atoms with van der Waals surface area (Å²) in [5.41, 5.74) is 3.13. The number of pyridine rings is 1. The number of aryl methyl sites for hydroxylation is 1. The van der Waals surface area contributed by atoms with Crippen LogP contribution in [0.5, 0.6) is 0 Å². The highest BCUT2D eigenvalue weighted by atomic mass is 32.1. The van der Waals surface area contributed by atoms with Crippen LogP contribution in [-0.4, -0.2) is 45.7 Å². The largest absolute Gasteiger partial charge is 0.361 e. The lowest BCUT2D eigenvalue weighted by molar-refractivity contribution is 0.0491. The van der Waals surface area contributed by atoms with Crippen LogP contribution in [0, 0.1) is 6.92 Å². The first kappa shape index (κ1) is 17.9. The highest BCUT2D eigenvalue weighted by Gasteiger charge is 2.29. The van der Waals surface area contributed by atoms with Crippen LogP contribution in [0.4, 0.5) is 0 Å². The third-order valence-corrected chi connectivity index (χ3v) is 5.08. The number of amides is 1. The summed E-state index contributed by atoms with van der Waals surface area (Å²) in [6, 6.07) is 1.87.